The molecule has 1 nitrogen and oxygen atoms in total. The summed E-state index contributed by atoms with van der Waals surface area (Å²) in [7, 11) is 0. The van der Waals surface area contributed by atoms with E-state index < -0.39 is 0 Å². The zero-order chi connectivity index (χ0) is 13.5. The molecule has 0 radical (unpaired) electrons. The highest BCUT2D eigenvalue weighted by Gasteiger charge is 2.37. The molecule has 2 saturated carbocycles. The van der Waals surface area contributed by atoms with Gasteiger partial charge in [0.2, 0.25) is 0 Å². The van der Waals surface area contributed by atoms with E-state index in [0.29, 0.717) is 5.41 Å². The van der Waals surface area contributed by atoms with Gasteiger partial charge >= 0.3 is 0 Å². The molecule has 2 atom stereocenters. The molecular weight excluding hydrogens is 250 g/mol. The van der Waals surface area contributed by atoms with Gasteiger partial charge in [0.15, 0.2) is 0 Å². The van der Waals surface area contributed by atoms with Gasteiger partial charge in [-0.25, -0.2) is 0 Å². The number of hydrogen-bond acceptors (Lipinski definition) is 2. The molecule has 0 bridgehead atoms. The standard InChI is InChI=1S/C17H27NS/c1-12-15(7-9-19-12)16-10-17(2,3)8-6-13(16)11-18-14-4-5-14/h7,9,13-14,16,18H,4-6,8,10-11H2,1-3H3. The van der Waals surface area contributed by atoms with Crippen LogP contribution in [-0.2, 0) is 0 Å². The second kappa shape index (κ2) is 5.21. The summed E-state index contributed by atoms with van der Waals surface area (Å²) < 4.78 is 0. The fraction of sp³-hybridized carbons (Fsp3) is 0.765. The summed E-state index contributed by atoms with van der Waals surface area (Å²) in [6.45, 7) is 8.44. The third-order valence-corrected chi connectivity index (χ3v) is 5.94. The molecule has 0 amide bonds. The fourth-order valence-electron chi connectivity index (χ4n) is 3.63. The average molecular weight is 277 g/mol. The van der Waals surface area contributed by atoms with Crippen molar-refractivity contribution < 1.29 is 0 Å². The van der Waals surface area contributed by atoms with Crippen LogP contribution in [-0.4, -0.2) is 12.6 Å². The van der Waals surface area contributed by atoms with Crippen molar-refractivity contribution in [1.29, 1.82) is 0 Å². The first-order valence-corrected chi connectivity index (χ1v) is 8.70. The van der Waals surface area contributed by atoms with Gasteiger partial charge in [0.25, 0.3) is 0 Å². The van der Waals surface area contributed by atoms with Crippen LogP contribution in [0.15, 0.2) is 11.4 Å². The molecule has 1 heterocycles. The van der Waals surface area contributed by atoms with Gasteiger partial charge in [-0.05, 0) is 79.8 Å². The van der Waals surface area contributed by atoms with E-state index in [1.807, 2.05) is 11.3 Å². The van der Waals surface area contributed by atoms with Crippen LogP contribution in [0.25, 0.3) is 0 Å². The molecule has 2 fully saturated rings. The van der Waals surface area contributed by atoms with E-state index in [1.165, 1.54) is 38.6 Å². The van der Waals surface area contributed by atoms with E-state index in [0.717, 1.165) is 17.9 Å². The van der Waals surface area contributed by atoms with Crippen LogP contribution in [0, 0.1) is 18.3 Å². The average Bonchev–Trinajstić information content (AvgIpc) is 3.08. The second-order valence-corrected chi connectivity index (χ2v) is 8.51. The Morgan fingerprint density at radius 1 is 1.32 bits per heavy atom. The molecule has 0 spiro atoms. The van der Waals surface area contributed by atoms with Crippen LogP contribution in [0.4, 0.5) is 0 Å². The Morgan fingerprint density at radius 2 is 2.11 bits per heavy atom. The van der Waals surface area contributed by atoms with Crippen LogP contribution in [0.3, 0.4) is 0 Å². The maximum Gasteiger partial charge on any atom is 0.00683 e. The highest BCUT2D eigenvalue weighted by atomic mass is 32.1. The summed E-state index contributed by atoms with van der Waals surface area (Å²) in [6, 6.07) is 3.23. The lowest BCUT2D eigenvalue weighted by molar-refractivity contribution is 0.159. The fourth-order valence-corrected chi connectivity index (χ4v) is 4.41. The quantitative estimate of drug-likeness (QED) is 0.840. The van der Waals surface area contributed by atoms with Crippen molar-refractivity contribution >= 4 is 11.3 Å². The predicted molar refractivity (Wildman–Crippen MR) is 83.9 cm³/mol. The van der Waals surface area contributed by atoms with Gasteiger partial charge in [0.05, 0.1) is 0 Å². The molecule has 1 N–H and O–H groups in total. The van der Waals surface area contributed by atoms with Gasteiger partial charge in [0, 0.05) is 10.9 Å². The van der Waals surface area contributed by atoms with Crippen LogP contribution < -0.4 is 5.32 Å². The highest BCUT2D eigenvalue weighted by Crippen LogP contribution is 2.48. The number of nitrogens with one attached hydrogen (secondary N) is 1. The molecule has 2 heteroatoms. The Labute approximate surface area is 121 Å². The SMILES string of the molecule is Cc1sccc1C1CC(C)(C)CCC1CNC1CC1. The minimum atomic E-state index is 0.523. The van der Waals surface area contributed by atoms with Crippen LogP contribution in [0.1, 0.15) is 62.3 Å². The predicted octanol–water partition coefficient (Wildman–Crippen LogP) is 4.72. The van der Waals surface area contributed by atoms with Crippen molar-refractivity contribution in [3.8, 4) is 0 Å². The summed E-state index contributed by atoms with van der Waals surface area (Å²) in [6.07, 6.45) is 6.96. The molecule has 2 unspecified atom stereocenters. The van der Waals surface area contributed by atoms with Crippen molar-refractivity contribution in [2.45, 2.75) is 64.8 Å². The summed E-state index contributed by atoms with van der Waals surface area (Å²) in [5, 5.41) is 6.04. The van der Waals surface area contributed by atoms with Gasteiger partial charge in [-0.15, -0.1) is 11.3 Å². The minimum absolute atomic E-state index is 0.523. The maximum absolute atomic E-state index is 3.77. The molecule has 1 aromatic rings. The Bertz CT molecular complexity index is 428. The number of hydrogen-bond donors (Lipinski definition) is 1. The molecule has 2 aliphatic rings. The zero-order valence-corrected chi connectivity index (χ0v) is 13.4. The normalized spacial score (nSPS) is 30.5. The molecule has 106 valence electrons. The van der Waals surface area contributed by atoms with Gasteiger partial charge < -0.3 is 5.32 Å². The Morgan fingerprint density at radius 3 is 2.74 bits per heavy atom. The molecule has 3 rings (SSSR count). The second-order valence-electron chi connectivity index (χ2n) is 7.39. The molecule has 0 saturated heterocycles. The molecular formula is C17H27NS. The van der Waals surface area contributed by atoms with E-state index in [1.54, 1.807) is 10.4 Å². The van der Waals surface area contributed by atoms with Crippen molar-refractivity contribution in [2.75, 3.05) is 6.54 Å². The van der Waals surface area contributed by atoms with Crippen molar-refractivity contribution in [3.63, 3.8) is 0 Å². The lowest BCUT2D eigenvalue weighted by Crippen LogP contribution is -2.35. The molecule has 0 aromatic carbocycles. The summed E-state index contributed by atoms with van der Waals surface area (Å²) >= 11 is 1.92. The molecule has 2 aliphatic carbocycles. The van der Waals surface area contributed by atoms with E-state index >= 15 is 0 Å². The highest BCUT2D eigenvalue weighted by molar-refractivity contribution is 7.10. The first-order valence-electron chi connectivity index (χ1n) is 7.82. The number of aryl methyl sites for hydroxylation is 1. The van der Waals surface area contributed by atoms with E-state index in [2.05, 4.69) is 37.5 Å². The first kappa shape index (κ1) is 13.6. The van der Waals surface area contributed by atoms with Gasteiger partial charge in [0.1, 0.15) is 0 Å². The topological polar surface area (TPSA) is 12.0 Å². The van der Waals surface area contributed by atoms with Gasteiger partial charge in [-0.3, -0.25) is 0 Å². The largest absolute Gasteiger partial charge is 0.314 e. The Hall–Kier alpha value is -0.340. The zero-order valence-electron chi connectivity index (χ0n) is 12.5. The number of thiophene rings is 1. The lowest BCUT2D eigenvalue weighted by Gasteiger charge is -2.41. The first-order chi connectivity index (χ1) is 9.05. The van der Waals surface area contributed by atoms with Crippen molar-refractivity contribution in [2.24, 2.45) is 11.3 Å². The number of rotatable bonds is 4. The monoisotopic (exact) mass is 277 g/mol. The lowest BCUT2D eigenvalue weighted by atomic mass is 9.65. The maximum atomic E-state index is 3.77. The van der Waals surface area contributed by atoms with Gasteiger partial charge in [-0.2, -0.15) is 0 Å². The Balaban J connectivity index is 1.74. The Kier molecular flexibility index (Phi) is 3.74. The molecule has 1 aromatic heterocycles. The van der Waals surface area contributed by atoms with E-state index in [4.69, 9.17) is 0 Å². The van der Waals surface area contributed by atoms with Crippen LogP contribution >= 0.6 is 11.3 Å². The van der Waals surface area contributed by atoms with E-state index in [-0.39, 0.29) is 0 Å². The third-order valence-electron chi connectivity index (χ3n) is 5.08. The summed E-state index contributed by atoms with van der Waals surface area (Å²) in [5.74, 6) is 1.63. The minimum Gasteiger partial charge on any atom is -0.314 e. The molecule has 0 aliphatic heterocycles. The van der Waals surface area contributed by atoms with Crippen molar-refractivity contribution in [1.82, 2.24) is 5.32 Å². The van der Waals surface area contributed by atoms with Crippen LogP contribution in [0.5, 0.6) is 0 Å². The molecule has 19 heavy (non-hydrogen) atoms. The van der Waals surface area contributed by atoms with Crippen LogP contribution in [0.2, 0.25) is 0 Å². The smallest absolute Gasteiger partial charge is 0.00683 e. The van der Waals surface area contributed by atoms with Gasteiger partial charge in [-0.1, -0.05) is 13.8 Å². The van der Waals surface area contributed by atoms with Crippen molar-refractivity contribution in [3.05, 3.63) is 21.9 Å². The summed E-state index contributed by atoms with van der Waals surface area (Å²) in [5.41, 5.74) is 2.16. The van der Waals surface area contributed by atoms with E-state index in [9.17, 15) is 0 Å². The third kappa shape index (κ3) is 3.22. The summed E-state index contributed by atoms with van der Waals surface area (Å²) in [4.78, 5) is 1.54.